The first-order chi connectivity index (χ1) is 7.38. The van der Waals surface area contributed by atoms with Gasteiger partial charge in [-0.25, -0.2) is 8.42 Å². The summed E-state index contributed by atoms with van der Waals surface area (Å²) in [5, 5.41) is 0. The number of halogens is 1. The molecular weight excluding hydrogens is 264 g/mol. The van der Waals surface area contributed by atoms with Gasteiger partial charge in [0.05, 0.1) is 12.3 Å². The second-order valence-electron chi connectivity index (χ2n) is 3.53. The lowest BCUT2D eigenvalue weighted by Crippen LogP contribution is -2.44. The van der Waals surface area contributed by atoms with Crippen LogP contribution in [0.25, 0.3) is 0 Å². The molecule has 96 valence electrons. The van der Waals surface area contributed by atoms with Crippen molar-refractivity contribution >= 4 is 28.3 Å². The molecule has 0 aliphatic carbocycles. The van der Waals surface area contributed by atoms with Crippen LogP contribution in [0.1, 0.15) is 5.56 Å². The van der Waals surface area contributed by atoms with Gasteiger partial charge in [0.25, 0.3) is 5.91 Å². The fraction of sp³-hybridized carbons (Fsp3) is 0.300. The van der Waals surface area contributed by atoms with E-state index in [0.717, 1.165) is 11.8 Å². The van der Waals surface area contributed by atoms with Crippen LogP contribution in [0.2, 0.25) is 0 Å². The maximum Gasteiger partial charge on any atom is 0.250 e. The van der Waals surface area contributed by atoms with Crippen molar-refractivity contribution in [1.82, 2.24) is 4.72 Å². The molecule has 1 amide bonds. The number of carbonyl (C=O) groups is 1. The summed E-state index contributed by atoms with van der Waals surface area (Å²) in [6, 6.07) is 8.30. The van der Waals surface area contributed by atoms with Crippen molar-refractivity contribution in [2.24, 2.45) is 5.73 Å². The number of amides is 1. The van der Waals surface area contributed by atoms with E-state index in [1.165, 1.54) is 0 Å². The largest absolute Gasteiger partial charge is 0.320 e. The Kier molecular flexibility index (Phi) is 6.15. The summed E-state index contributed by atoms with van der Waals surface area (Å²) in [7, 11) is -3.54. The smallest absolute Gasteiger partial charge is 0.250 e. The minimum absolute atomic E-state index is 0. The van der Waals surface area contributed by atoms with E-state index in [9.17, 15) is 13.2 Å². The summed E-state index contributed by atoms with van der Waals surface area (Å²) in [5.74, 6) is -0.689. The van der Waals surface area contributed by atoms with Crippen molar-refractivity contribution in [1.29, 1.82) is 0 Å². The molecule has 1 aromatic carbocycles. The Morgan fingerprint density at radius 3 is 2.35 bits per heavy atom. The third-order valence-corrected chi connectivity index (χ3v) is 2.49. The van der Waals surface area contributed by atoms with E-state index in [-0.39, 0.29) is 12.4 Å². The zero-order valence-corrected chi connectivity index (χ0v) is 10.9. The predicted molar refractivity (Wildman–Crippen MR) is 68.4 cm³/mol. The molecule has 7 heteroatoms. The first-order valence-electron chi connectivity index (χ1n) is 4.69. The van der Waals surface area contributed by atoms with Crippen molar-refractivity contribution in [3.05, 3.63) is 35.9 Å². The maximum absolute atomic E-state index is 11.3. The van der Waals surface area contributed by atoms with E-state index in [0.29, 0.717) is 6.42 Å². The van der Waals surface area contributed by atoms with E-state index in [2.05, 4.69) is 0 Å². The molecule has 0 aromatic heterocycles. The van der Waals surface area contributed by atoms with Crippen molar-refractivity contribution in [3.63, 3.8) is 0 Å². The minimum Gasteiger partial charge on any atom is -0.320 e. The van der Waals surface area contributed by atoms with Gasteiger partial charge >= 0.3 is 0 Å². The molecule has 0 spiro atoms. The quantitative estimate of drug-likeness (QED) is 0.815. The van der Waals surface area contributed by atoms with E-state index < -0.39 is 22.0 Å². The molecule has 1 aromatic rings. The molecule has 0 heterocycles. The summed E-state index contributed by atoms with van der Waals surface area (Å²) in [4.78, 5) is 11.3. The van der Waals surface area contributed by atoms with Crippen molar-refractivity contribution in [2.75, 3.05) is 6.26 Å². The van der Waals surface area contributed by atoms with Crippen LogP contribution in [0.5, 0.6) is 0 Å². The molecule has 3 N–H and O–H groups in total. The Morgan fingerprint density at radius 2 is 1.88 bits per heavy atom. The summed E-state index contributed by atoms with van der Waals surface area (Å²) in [5.41, 5.74) is 6.47. The molecule has 0 radical (unpaired) electrons. The number of sulfonamides is 1. The number of hydrogen-bond donors (Lipinski definition) is 2. The van der Waals surface area contributed by atoms with Gasteiger partial charge in [0.2, 0.25) is 10.0 Å². The Bertz CT molecular complexity index is 462. The second-order valence-corrected chi connectivity index (χ2v) is 5.28. The Labute approximate surface area is 107 Å². The van der Waals surface area contributed by atoms with Gasteiger partial charge in [-0.05, 0) is 12.0 Å². The molecule has 5 nitrogen and oxygen atoms in total. The van der Waals surface area contributed by atoms with Gasteiger partial charge in [-0.3, -0.25) is 9.52 Å². The number of nitrogens with one attached hydrogen (secondary N) is 1. The van der Waals surface area contributed by atoms with Gasteiger partial charge in [-0.1, -0.05) is 30.3 Å². The van der Waals surface area contributed by atoms with Gasteiger partial charge in [0.15, 0.2) is 0 Å². The van der Waals surface area contributed by atoms with Crippen LogP contribution >= 0.6 is 12.4 Å². The molecule has 0 saturated heterocycles. The highest BCUT2D eigenvalue weighted by molar-refractivity contribution is 7.89. The highest BCUT2D eigenvalue weighted by Crippen LogP contribution is 2.01. The minimum atomic E-state index is -3.54. The van der Waals surface area contributed by atoms with Crippen LogP contribution in [0.4, 0.5) is 0 Å². The first kappa shape index (κ1) is 15.9. The standard InChI is InChI=1S/C10H14N2O3S.ClH/c1-16(14,15)12-10(13)9(11)7-8-5-3-2-4-6-8;/h2-6,9H,7,11H2,1H3,(H,12,13);1H/t9-;/m0./s1. The molecule has 1 atom stereocenters. The van der Waals surface area contributed by atoms with E-state index in [1.807, 2.05) is 35.1 Å². The maximum atomic E-state index is 11.3. The predicted octanol–water partition coefficient (Wildman–Crippen LogP) is 0.0540. The summed E-state index contributed by atoms with van der Waals surface area (Å²) in [6.45, 7) is 0. The molecule has 0 unspecified atom stereocenters. The Balaban J connectivity index is 0.00000256. The summed E-state index contributed by atoms with van der Waals surface area (Å²) < 4.78 is 23.5. The lowest BCUT2D eigenvalue weighted by atomic mass is 10.1. The SMILES string of the molecule is CS(=O)(=O)NC(=O)[C@@H](N)Cc1ccccc1.Cl. The van der Waals surface area contributed by atoms with Crippen LogP contribution in [-0.4, -0.2) is 26.6 Å². The lowest BCUT2D eigenvalue weighted by Gasteiger charge is -2.10. The number of benzene rings is 1. The van der Waals surface area contributed by atoms with E-state index in [1.54, 1.807) is 0 Å². The molecular formula is C10H15ClN2O3S. The zero-order valence-electron chi connectivity index (χ0n) is 9.29. The average molecular weight is 279 g/mol. The van der Waals surface area contributed by atoms with Crippen molar-refractivity contribution < 1.29 is 13.2 Å². The fourth-order valence-electron chi connectivity index (χ4n) is 1.22. The topological polar surface area (TPSA) is 89.3 Å². The normalized spacial score (nSPS) is 12.4. The van der Waals surface area contributed by atoms with Gasteiger partial charge in [-0.15, -0.1) is 12.4 Å². The van der Waals surface area contributed by atoms with E-state index in [4.69, 9.17) is 5.73 Å². The summed E-state index contributed by atoms with van der Waals surface area (Å²) >= 11 is 0. The number of hydrogen-bond acceptors (Lipinski definition) is 4. The molecule has 1 rings (SSSR count). The van der Waals surface area contributed by atoms with Crippen LogP contribution in [0.15, 0.2) is 30.3 Å². The number of carbonyl (C=O) groups excluding carboxylic acids is 1. The van der Waals surface area contributed by atoms with Gasteiger partial charge in [0, 0.05) is 0 Å². The average Bonchev–Trinajstić information content (AvgIpc) is 2.16. The zero-order chi connectivity index (χ0) is 12.2. The highest BCUT2D eigenvalue weighted by atomic mass is 35.5. The van der Waals surface area contributed by atoms with Crippen LogP contribution in [0.3, 0.4) is 0 Å². The third-order valence-electron chi connectivity index (χ3n) is 1.92. The lowest BCUT2D eigenvalue weighted by molar-refractivity contribution is -0.120. The molecule has 0 aliphatic heterocycles. The van der Waals surface area contributed by atoms with Crippen LogP contribution in [0, 0.1) is 0 Å². The highest BCUT2D eigenvalue weighted by Gasteiger charge is 2.17. The fourth-order valence-corrected chi connectivity index (χ4v) is 1.74. The molecule has 0 saturated carbocycles. The molecule has 0 fully saturated rings. The van der Waals surface area contributed by atoms with Gasteiger partial charge in [-0.2, -0.15) is 0 Å². The van der Waals surface area contributed by atoms with Gasteiger partial charge < -0.3 is 5.73 Å². The monoisotopic (exact) mass is 278 g/mol. The van der Waals surface area contributed by atoms with E-state index >= 15 is 0 Å². The Morgan fingerprint density at radius 1 is 1.35 bits per heavy atom. The molecule has 0 bridgehead atoms. The van der Waals surface area contributed by atoms with Crippen LogP contribution < -0.4 is 10.5 Å². The number of nitrogens with two attached hydrogens (primary N) is 1. The van der Waals surface area contributed by atoms with Crippen LogP contribution in [-0.2, 0) is 21.2 Å². The molecule has 0 aliphatic rings. The summed E-state index contributed by atoms with van der Waals surface area (Å²) in [6.07, 6.45) is 1.22. The van der Waals surface area contributed by atoms with Crippen molar-refractivity contribution in [2.45, 2.75) is 12.5 Å². The van der Waals surface area contributed by atoms with Crippen molar-refractivity contribution in [3.8, 4) is 0 Å². The molecule has 17 heavy (non-hydrogen) atoms. The Hall–Kier alpha value is -1.11. The second kappa shape index (κ2) is 6.58. The number of rotatable bonds is 4. The third kappa shape index (κ3) is 6.25. The van der Waals surface area contributed by atoms with Gasteiger partial charge in [0.1, 0.15) is 0 Å². The first-order valence-corrected chi connectivity index (χ1v) is 6.59.